The molecule has 0 atom stereocenters. The Hall–Kier alpha value is -2.85. The Bertz CT molecular complexity index is 1180. The zero-order valence-electron chi connectivity index (χ0n) is 20.6. The van der Waals surface area contributed by atoms with Gasteiger partial charge >= 0.3 is 0 Å². The van der Waals surface area contributed by atoms with Gasteiger partial charge in [0.15, 0.2) is 4.80 Å². The zero-order chi connectivity index (χ0) is 25.2. The van der Waals surface area contributed by atoms with Crippen LogP contribution in [-0.2, 0) is 22.6 Å². The number of nitrogens with two attached hydrogens (primary N) is 1. The van der Waals surface area contributed by atoms with Crippen LogP contribution in [-0.4, -0.2) is 55.8 Å². The van der Waals surface area contributed by atoms with Gasteiger partial charge in [-0.2, -0.15) is 0 Å². The van der Waals surface area contributed by atoms with Crippen LogP contribution in [0.4, 0.5) is 10.1 Å². The number of hydrogen-bond acceptors (Lipinski definition) is 6. The van der Waals surface area contributed by atoms with E-state index < -0.39 is 0 Å². The van der Waals surface area contributed by atoms with Crippen LogP contribution in [0.3, 0.4) is 0 Å². The molecule has 188 valence electrons. The molecule has 0 radical (unpaired) electrons. The molecule has 0 bridgehead atoms. The summed E-state index contributed by atoms with van der Waals surface area (Å²) in [6.45, 7) is 9.37. The van der Waals surface area contributed by atoms with Crippen LogP contribution in [0.25, 0.3) is 11.3 Å². The summed E-state index contributed by atoms with van der Waals surface area (Å²) in [5, 5.41) is 4.84. The number of rotatable bonds is 8. The van der Waals surface area contributed by atoms with E-state index in [0.717, 1.165) is 48.9 Å². The lowest BCUT2D eigenvalue weighted by Crippen LogP contribution is -2.35. The van der Waals surface area contributed by atoms with Crippen LogP contribution < -0.4 is 15.9 Å². The monoisotopic (exact) mass is 499 g/mol. The van der Waals surface area contributed by atoms with Crippen molar-refractivity contribution in [1.29, 1.82) is 0 Å². The van der Waals surface area contributed by atoms with Gasteiger partial charge in [0.25, 0.3) is 0 Å². The second-order valence-electron chi connectivity index (χ2n) is 8.21. The minimum Gasteiger partial charge on any atom is -0.379 e. The summed E-state index contributed by atoms with van der Waals surface area (Å²) in [7, 11) is 1.50. The van der Waals surface area contributed by atoms with Crippen molar-refractivity contribution in [2.45, 2.75) is 26.9 Å². The topological polar surface area (TPSA) is 84.9 Å². The summed E-state index contributed by atoms with van der Waals surface area (Å²) < 4.78 is 21.2. The smallest absolute Gasteiger partial charge is 0.207 e. The summed E-state index contributed by atoms with van der Waals surface area (Å²) in [6.07, 6.45) is 0.707. The summed E-state index contributed by atoms with van der Waals surface area (Å²) in [4.78, 5) is 18.8. The molecule has 0 saturated carbocycles. The first-order chi connectivity index (χ1) is 17.0. The first kappa shape index (κ1) is 26.7. The first-order valence-corrected chi connectivity index (χ1v) is 12.6. The molecule has 2 heterocycles. The molecule has 0 unspecified atom stereocenters. The molecule has 1 aliphatic heterocycles. The lowest BCUT2D eigenvalue weighted by molar-refractivity contribution is -0.109. The molecule has 1 amide bonds. The number of benzene rings is 2. The van der Waals surface area contributed by atoms with Crippen LogP contribution >= 0.6 is 11.3 Å². The third-order valence-electron chi connectivity index (χ3n) is 5.80. The molecular formula is C26H34FN5O2S. The lowest BCUT2D eigenvalue weighted by atomic mass is 10.0. The molecule has 4 rings (SSSR count). The van der Waals surface area contributed by atoms with Crippen molar-refractivity contribution in [2.24, 2.45) is 10.7 Å². The maximum atomic E-state index is 13.7. The Morgan fingerprint density at radius 3 is 2.60 bits per heavy atom. The van der Waals surface area contributed by atoms with Crippen LogP contribution in [0.5, 0.6) is 0 Å². The molecule has 35 heavy (non-hydrogen) atoms. The van der Waals surface area contributed by atoms with Crippen molar-refractivity contribution >= 4 is 23.4 Å². The van der Waals surface area contributed by atoms with Gasteiger partial charge in [0.1, 0.15) is 5.82 Å². The standard InChI is InChI=1S/C25H29FN4O2S.CH5N/c1-18-13-20(15-29-9-11-32-12-10-29)3-5-22(18)24-16-33-25(30(24)8-7-27-17-31)28-21-4-6-23(26)19(2)14-21;1-2/h3-6,13-14,16-17H,7-12,15H2,1-2H3,(H,27,31);2H2,1H3. The number of amides is 1. The van der Waals surface area contributed by atoms with Crippen molar-refractivity contribution in [3.05, 3.63) is 69.1 Å². The summed E-state index contributed by atoms with van der Waals surface area (Å²) in [6, 6.07) is 11.5. The van der Waals surface area contributed by atoms with E-state index in [1.165, 1.54) is 35.6 Å². The molecule has 1 aliphatic rings. The van der Waals surface area contributed by atoms with Gasteiger partial charge in [-0.15, -0.1) is 11.3 Å². The minimum atomic E-state index is -0.239. The summed E-state index contributed by atoms with van der Waals surface area (Å²) in [5.74, 6) is -0.239. The van der Waals surface area contributed by atoms with Crippen LogP contribution in [0.15, 0.2) is 46.8 Å². The molecule has 3 N–H and O–H groups in total. The molecule has 1 fully saturated rings. The summed E-state index contributed by atoms with van der Waals surface area (Å²) >= 11 is 1.54. The predicted octanol–water partition coefficient (Wildman–Crippen LogP) is 3.36. The fraction of sp³-hybridized carbons (Fsp3) is 0.385. The van der Waals surface area contributed by atoms with Crippen molar-refractivity contribution in [1.82, 2.24) is 14.8 Å². The highest BCUT2D eigenvalue weighted by Crippen LogP contribution is 2.26. The van der Waals surface area contributed by atoms with E-state index in [1.807, 2.05) is 0 Å². The maximum Gasteiger partial charge on any atom is 0.207 e. The fourth-order valence-electron chi connectivity index (χ4n) is 4.02. The largest absolute Gasteiger partial charge is 0.379 e. The van der Waals surface area contributed by atoms with E-state index in [1.54, 1.807) is 19.1 Å². The Labute approximate surface area is 210 Å². The van der Waals surface area contributed by atoms with Crippen molar-refractivity contribution < 1.29 is 13.9 Å². The van der Waals surface area contributed by atoms with Crippen molar-refractivity contribution in [2.75, 3.05) is 39.9 Å². The van der Waals surface area contributed by atoms with Gasteiger partial charge in [0.2, 0.25) is 6.41 Å². The molecule has 7 nitrogen and oxygen atoms in total. The highest BCUT2D eigenvalue weighted by atomic mass is 32.1. The number of nitrogens with one attached hydrogen (secondary N) is 1. The number of halogens is 1. The summed E-state index contributed by atoms with van der Waals surface area (Å²) in [5.41, 5.74) is 10.4. The number of hydrogen-bond donors (Lipinski definition) is 2. The van der Waals surface area contributed by atoms with Crippen LogP contribution in [0.1, 0.15) is 16.7 Å². The van der Waals surface area contributed by atoms with E-state index in [4.69, 9.17) is 9.73 Å². The number of carbonyl (C=O) groups is 1. The highest BCUT2D eigenvalue weighted by molar-refractivity contribution is 7.07. The van der Waals surface area contributed by atoms with Crippen molar-refractivity contribution in [3.63, 3.8) is 0 Å². The molecule has 1 saturated heterocycles. The average Bonchev–Trinajstić information content (AvgIpc) is 3.25. The Morgan fingerprint density at radius 1 is 1.14 bits per heavy atom. The SMILES string of the molecule is CN.Cc1cc(N=c2scc(-c3ccc(CN4CCOCC4)cc3C)n2CCNC=O)ccc1F. The van der Waals surface area contributed by atoms with Gasteiger partial charge in [-0.1, -0.05) is 18.2 Å². The van der Waals surface area contributed by atoms with Gasteiger partial charge in [-0.25, -0.2) is 9.38 Å². The molecule has 0 spiro atoms. The second-order valence-corrected chi connectivity index (χ2v) is 9.05. The van der Waals surface area contributed by atoms with E-state index in [0.29, 0.717) is 30.8 Å². The second kappa shape index (κ2) is 13.3. The van der Waals surface area contributed by atoms with Gasteiger partial charge in [0.05, 0.1) is 24.6 Å². The van der Waals surface area contributed by atoms with Gasteiger partial charge in [-0.05, 0) is 55.8 Å². The van der Waals surface area contributed by atoms with Gasteiger partial charge in [-0.3, -0.25) is 9.69 Å². The highest BCUT2D eigenvalue weighted by Gasteiger charge is 2.14. The third-order valence-corrected chi connectivity index (χ3v) is 6.67. The fourth-order valence-corrected chi connectivity index (χ4v) is 4.97. The first-order valence-electron chi connectivity index (χ1n) is 11.7. The normalized spacial score (nSPS) is 14.4. The zero-order valence-corrected chi connectivity index (χ0v) is 21.4. The number of nitrogens with zero attached hydrogens (tertiary/aromatic N) is 3. The Balaban J connectivity index is 0.00000167. The third kappa shape index (κ3) is 7.08. The molecule has 0 aliphatic carbocycles. The number of aromatic nitrogens is 1. The molecule has 9 heteroatoms. The molecule has 2 aromatic carbocycles. The predicted molar refractivity (Wildman–Crippen MR) is 139 cm³/mol. The maximum absolute atomic E-state index is 13.7. The van der Waals surface area contributed by atoms with Crippen molar-refractivity contribution in [3.8, 4) is 11.3 Å². The minimum absolute atomic E-state index is 0.239. The Morgan fingerprint density at radius 2 is 1.91 bits per heavy atom. The van der Waals surface area contributed by atoms with E-state index in [-0.39, 0.29) is 5.82 Å². The van der Waals surface area contributed by atoms with E-state index >= 15 is 0 Å². The number of carbonyl (C=O) groups excluding carboxylic acids is 1. The van der Waals surface area contributed by atoms with E-state index in [9.17, 15) is 9.18 Å². The lowest BCUT2D eigenvalue weighted by Gasteiger charge is -2.26. The number of morpholine rings is 1. The molecular weight excluding hydrogens is 465 g/mol. The quantitative estimate of drug-likeness (QED) is 0.368. The van der Waals surface area contributed by atoms with Crippen LogP contribution in [0.2, 0.25) is 0 Å². The number of thiazole rings is 1. The average molecular weight is 500 g/mol. The molecule has 3 aromatic rings. The molecule has 1 aromatic heterocycles. The van der Waals surface area contributed by atoms with Gasteiger partial charge in [0, 0.05) is 43.7 Å². The number of ether oxygens (including phenoxy) is 1. The van der Waals surface area contributed by atoms with Crippen LogP contribution in [0, 0.1) is 19.7 Å². The Kier molecular flexibility index (Phi) is 10.2. The van der Waals surface area contributed by atoms with Gasteiger partial charge < -0.3 is 20.4 Å². The van der Waals surface area contributed by atoms with E-state index in [2.05, 4.69) is 51.0 Å². The number of aryl methyl sites for hydroxylation is 2.